The molecular weight excluding hydrogens is 304 g/mol. The van der Waals surface area contributed by atoms with Gasteiger partial charge in [-0.2, -0.15) is 5.10 Å². The Morgan fingerprint density at radius 1 is 1.32 bits per heavy atom. The fourth-order valence-electron chi connectivity index (χ4n) is 2.30. The zero-order valence-corrected chi connectivity index (χ0v) is 12.9. The first-order valence-corrected chi connectivity index (χ1v) is 7.45. The van der Waals surface area contributed by atoms with Crippen molar-refractivity contribution in [2.75, 3.05) is 0 Å². The lowest BCUT2D eigenvalue weighted by Crippen LogP contribution is -2.12. The molecule has 0 saturated heterocycles. The van der Waals surface area contributed by atoms with Crippen LogP contribution in [0.1, 0.15) is 43.2 Å². The van der Waals surface area contributed by atoms with Crippen LogP contribution in [-0.2, 0) is 13.0 Å². The summed E-state index contributed by atoms with van der Waals surface area (Å²) in [5.41, 5.74) is 2.97. The number of hydrogen-bond acceptors (Lipinski definition) is 2. The number of aliphatic hydroxyl groups is 1. The monoisotopic (exact) mass is 322 g/mol. The normalized spacial score (nSPS) is 12.6. The molecule has 102 valence electrons. The molecule has 2 rings (SSSR count). The van der Waals surface area contributed by atoms with E-state index in [9.17, 15) is 5.11 Å². The van der Waals surface area contributed by atoms with E-state index >= 15 is 0 Å². The summed E-state index contributed by atoms with van der Waals surface area (Å²) in [5, 5.41) is 15.0. The summed E-state index contributed by atoms with van der Waals surface area (Å²) in [7, 11) is 0. The molecule has 1 aromatic carbocycles. The smallest absolute Gasteiger partial charge is 0.122 e. The number of benzene rings is 1. The maximum Gasteiger partial charge on any atom is 0.122 e. The van der Waals surface area contributed by atoms with Gasteiger partial charge in [-0.15, -0.1) is 0 Å². The van der Waals surface area contributed by atoms with Gasteiger partial charge in [0.15, 0.2) is 0 Å². The predicted molar refractivity (Wildman–Crippen MR) is 80.1 cm³/mol. The van der Waals surface area contributed by atoms with Gasteiger partial charge in [-0.1, -0.05) is 38.1 Å². The van der Waals surface area contributed by atoms with E-state index in [0.717, 1.165) is 35.1 Å². The maximum absolute atomic E-state index is 10.7. The average Bonchev–Trinajstić information content (AvgIpc) is 2.79. The Morgan fingerprint density at radius 3 is 2.74 bits per heavy atom. The Balaban J connectivity index is 2.43. The largest absolute Gasteiger partial charge is 0.382 e. The van der Waals surface area contributed by atoms with E-state index in [-0.39, 0.29) is 0 Å². The van der Waals surface area contributed by atoms with Crippen LogP contribution in [0.2, 0.25) is 0 Å². The third-order valence-electron chi connectivity index (χ3n) is 3.26. The highest BCUT2D eigenvalue weighted by atomic mass is 79.9. The van der Waals surface area contributed by atoms with Gasteiger partial charge in [0.1, 0.15) is 6.10 Å². The van der Waals surface area contributed by atoms with Crippen LogP contribution in [0.25, 0.3) is 0 Å². The van der Waals surface area contributed by atoms with Crippen molar-refractivity contribution in [1.82, 2.24) is 9.78 Å². The molecule has 1 unspecified atom stereocenters. The summed E-state index contributed by atoms with van der Waals surface area (Å²) in [5.74, 6) is 0. The number of aryl methyl sites for hydroxylation is 2. The highest BCUT2D eigenvalue weighted by Gasteiger charge is 2.21. The highest BCUT2D eigenvalue weighted by Crippen LogP contribution is 2.30. The van der Waals surface area contributed by atoms with Crippen molar-refractivity contribution >= 4 is 15.9 Å². The second-order valence-corrected chi connectivity index (χ2v) is 5.41. The Morgan fingerprint density at radius 2 is 2.05 bits per heavy atom. The molecule has 0 radical (unpaired) electrons. The fourth-order valence-corrected chi connectivity index (χ4v) is 2.82. The third-order valence-corrected chi connectivity index (χ3v) is 3.87. The number of aliphatic hydroxyl groups excluding tert-OH is 1. The lowest BCUT2D eigenvalue weighted by Gasteiger charge is -2.17. The van der Waals surface area contributed by atoms with E-state index in [2.05, 4.69) is 40.9 Å². The van der Waals surface area contributed by atoms with Crippen LogP contribution >= 0.6 is 15.9 Å². The standard InChI is InChI=1S/C15H19BrN2O/c1-3-9-18-14(13(16)10-17-18)15(19)12-8-6-5-7-11(12)4-2/h5-8,10,15,19H,3-4,9H2,1-2H3. The average molecular weight is 323 g/mol. The maximum atomic E-state index is 10.7. The van der Waals surface area contributed by atoms with Crippen molar-refractivity contribution in [3.05, 3.63) is 51.8 Å². The van der Waals surface area contributed by atoms with Crippen LogP contribution in [-0.4, -0.2) is 14.9 Å². The molecule has 0 aliphatic carbocycles. The van der Waals surface area contributed by atoms with E-state index in [4.69, 9.17) is 0 Å². The number of rotatable bonds is 5. The van der Waals surface area contributed by atoms with Crippen LogP contribution in [0.3, 0.4) is 0 Å². The Hall–Kier alpha value is -1.13. The fraction of sp³-hybridized carbons (Fsp3) is 0.400. The third kappa shape index (κ3) is 2.90. The number of aromatic nitrogens is 2. The molecule has 1 aromatic heterocycles. The Bertz CT molecular complexity index is 551. The molecule has 0 spiro atoms. The van der Waals surface area contributed by atoms with Crippen LogP contribution in [0.15, 0.2) is 34.9 Å². The summed E-state index contributed by atoms with van der Waals surface area (Å²) in [6.45, 7) is 5.02. The van der Waals surface area contributed by atoms with Crippen molar-refractivity contribution in [2.45, 2.75) is 39.3 Å². The number of nitrogens with zero attached hydrogens (tertiary/aromatic N) is 2. The van der Waals surface area contributed by atoms with Crippen molar-refractivity contribution in [2.24, 2.45) is 0 Å². The van der Waals surface area contributed by atoms with Gasteiger partial charge in [0.05, 0.1) is 16.4 Å². The number of halogens is 1. The number of hydrogen-bond donors (Lipinski definition) is 1. The summed E-state index contributed by atoms with van der Waals surface area (Å²) < 4.78 is 2.74. The minimum Gasteiger partial charge on any atom is -0.382 e. The van der Waals surface area contributed by atoms with Crippen LogP contribution in [0.5, 0.6) is 0 Å². The van der Waals surface area contributed by atoms with Gasteiger partial charge in [-0.25, -0.2) is 0 Å². The topological polar surface area (TPSA) is 38.0 Å². The van der Waals surface area contributed by atoms with Gasteiger partial charge in [-0.05, 0) is 39.9 Å². The van der Waals surface area contributed by atoms with Gasteiger partial charge >= 0.3 is 0 Å². The van der Waals surface area contributed by atoms with Gasteiger partial charge in [0.25, 0.3) is 0 Å². The highest BCUT2D eigenvalue weighted by molar-refractivity contribution is 9.10. The van der Waals surface area contributed by atoms with Crippen molar-refractivity contribution < 1.29 is 5.11 Å². The van der Waals surface area contributed by atoms with Crippen molar-refractivity contribution in [3.63, 3.8) is 0 Å². The lowest BCUT2D eigenvalue weighted by molar-refractivity contribution is 0.205. The van der Waals surface area contributed by atoms with Crippen LogP contribution in [0.4, 0.5) is 0 Å². The molecule has 0 aliphatic rings. The van der Waals surface area contributed by atoms with Gasteiger partial charge in [0, 0.05) is 6.54 Å². The van der Waals surface area contributed by atoms with E-state index < -0.39 is 6.10 Å². The predicted octanol–water partition coefficient (Wildman–Crippen LogP) is 3.70. The minimum atomic E-state index is -0.639. The Kier molecular flexibility index (Phi) is 4.77. The van der Waals surface area contributed by atoms with Gasteiger partial charge in [0.2, 0.25) is 0 Å². The molecule has 0 bridgehead atoms. The van der Waals surface area contributed by atoms with Crippen molar-refractivity contribution in [1.29, 1.82) is 0 Å². The summed E-state index contributed by atoms with van der Waals surface area (Å²) >= 11 is 3.49. The SMILES string of the molecule is CCCn1ncc(Br)c1C(O)c1ccccc1CC. The molecule has 3 nitrogen and oxygen atoms in total. The molecule has 0 saturated carbocycles. The van der Waals surface area contributed by atoms with Crippen LogP contribution in [0, 0.1) is 0 Å². The van der Waals surface area contributed by atoms with Crippen molar-refractivity contribution in [3.8, 4) is 0 Å². The zero-order chi connectivity index (χ0) is 13.8. The molecule has 4 heteroatoms. The van der Waals surface area contributed by atoms with E-state index in [1.165, 1.54) is 5.56 Å². The lowest BCUT2D eigenvalue weighted by atomic mass is 9.98. The first-order chi connectivity index (χ1) is 9.19. The summed E-state index contributed by atoms with van der Waals surface area (Å²) in [6.07, 6.45) is 3.01. The van der Waals surface area contributed by atoms with Crippen LogP contribution < -0.4 is 0 Å². The zero-order valence-electron chi connectivity index (χ0n) is 11.3. The molecule has 0 amide bonds. The molecule has 1 heterocycles. The van der Waals surface area contributed by atoms with E-state index in [1.807, 2.05) is 22.9 Å². The molecular formula is C15H19BrN2O. The molecule has 0 fully saturated rings. The van der Waals surface area contributed by atoms with Gasteiger partial charge in [-0.3, -0.25) is 4.68 Å². The Labute approximate surface area is 122 Å². The second kappa shape index (κ2) is 6.35. The molecule has 1 atom stereocenters. The second-order valence-electron chi connectivity index (χ2n) is 4.56. The van der Waals surface area contributed by atoms with E-state index in [1.54, 1.807) is 6.20 Å². The summed E-state index contributed by atoms with van der Waals surface area (Å²) in [6, 6.07) is 8.02. The molecule has 19 heavy (non-hydrogen) atoms. The van der Waals surface area contributed by atoms with E-state index in [0.29, 0.717) is 0 Å². The molecule has 0 aliphatic heterocycles. The molecule has 2 aromatic rings. The minimum absolute atomic E-state index is 0.639. The molecule has 1 N–H and O–H groups in total. The quantitative estimate of drug-likeness (QED) is 0.911. The first kappa shape index (κ1) is 14.3. The first-order valence-electron chi connectivity index (χ1n) is 6.66. The van der Waals surface area contributed by atoms with Gasteiger partial charge < -0.3 is 5.11 Å². The summed E-state index contributed by atoms with van der Waals surface area (Å²) in [4.78, 5) is 0.